The van der Waals surface area contributed by atoms with Crippen LogP contribution in [0, 0.1) is 5.92 Å². The van der Waals surface area contributed by atoms with Crippen LogP contribution in [0.5, 0.6) is 0 Å². The Balaban J connectivity index is 2.92. The first-order valence-corrected chi connectivity index (χ1v) is 5.63. The summed E-state index contributed by atoms with van der Waals surface area (Å²) in [5, 5.41) is 2.78. The fourth-order valence-electron chi connectivity index (χ4n) is 2.09. The van der Waals surface area contributed by atoms with Gasteiger partial charge in [0.05, 0.1) is 0 Å². The van der Waals surface area contributed by atoms with Crippen molar-refractivity contribution in [2.75, 3.05) is 6.54 Å². The molecule has 0 aromatic carbocycles. The zero-order chi connectivity index (χ0) is 11.6. The summed E-state index contributed by atoms with van der Waals surface area (Å²) in [5.41, 5.74) is 0. The van der Waals surface area contributed by atoms with Crippen LogP contribution in [0.15, 0.2) is 0 Å². The molecule has 0 aromatic rings. The molecule has 4 nitrogen and oxygen atoms in total. The summed E-state index contributed by atoms with van der Waals surface area (Å²) in [7, 11) is 0. The minimum absolute atomic E-state index is 0.0155. The Bertz CT molecular complexity index is 263. The number of amides is 2. The molecule has 1 aliphatic rings. The Morgan fingerprint density at radius 3 is 2.33 bits per heavy atom. The summed E-state index contributed by atoms with van der Waals surface area (Å²) >= 11 is 0. The molecule has 2 unspecified atom stereocenters. The maximum atomic E-state index is 12.0. The van der Waals surface area contributed by atoms with E-state index in [1.54, 1.807) is 4.90 Å². The first-order valence-electron chi connectivity index (χ1n) is 5.63. The van der Waals surface area contributed by atoms with Crippen molar-refractivity contribution in [2.24, 2.45) is 5.92 Å². The van der Waals surface area contributed by atoms with Crippen LogP contribution in [0.25, 0.3) is 0 Å². The lowest BCUT2D eigenvalue weighted by molar-refractivity contribution is -0.150. The molecule has 2 atom stereocenters. The standard InChI is InChI=1S/C11H20N2O2/c1-5-8-11(15)13(6-2)9(7(3)4)10(14)12-8/h7-9H,5-6H2,1-4H3,(H,12,14). The second kappa shape index (κ2) is 4.64. The van der Waals surface area contributed by atoms with E-state index in [2.05, 4.69) is 5.32 Å². The van der Waals surface area contributed by atoms with Crippen LogP contribution in [-0.4, -0.2) is 35.3 Å². The first kappa shape index (κ1) is 12.0. The molecule has 0 radical (unpaired) electrons. The molecule has 0 bridgehead atoms. The van der Waals surface area contributed by atoms with E-state index in [0.717, 1.165) is 0 Å². The average Bonchev–Trinajstić information content (AvgIpc) is 2.19. The van der Waals surface area contributed by atoms with E-state index in [1.165, 1.54) is 0 Å². The highest BCUT2D eigenvalue weighted by atomic mass is 16.2. The molecule has 2 amide bonds. The largest absolute Gasteiger partial charge is 0.343 e. The minimum atomic E-state index is -0.326. The van der Waals surface area contributed by atoms with E-state index in [-0.39, 0.29) is 29.8 Å². The quantitative estimate of drug-likeness (QED) is 0.751. The van der Waals surface area contributed by atoms with Crippen LogP contribution in [0.4, 0.5) is 0 Å². The van der Waals surface area contributed by atoms with Gasteiger partial charge in [0.15, 0.2) is 0 Å². The van der Waals surface area contributed by atoms with E-state index in [1.807, 2.05) is 27.7 Å². The third-order valence-electron chi connectivity index (χ3n) is 2.88. The third kappa shape index (κ3) is 2.13. The van der Waals surface area contributed by atoms with Crippen molar-refractivity contribution in [1.29, 1.82) is 0 Å². The van der Waals surface area contributed by atoms with Gasteiger partial charge in [0.1, 0.15) is 12.1 Å². The van der Waals surface area contributed by atoms with Gasteiger partial charge in [-0.25, -0.2) is 0 Å². The second-order valence-corrected chi connectivity index (χ2v) is 4.28. The summed E-state index contributed by atoms with van der Waals surface area (Å²) in [6.07, 6.45) is 0.659. The van der Waals surface area contributed by atoms with Gasteiger partial charge in [-0.05, 0) is 19.3 Å². The van der Waals surface area contributed by atoms with E-state index in [0.29, 0.717) is 13.0 Å². The zero-order valence-electron chi connectivity index (χ0n) is 9.91. The Labute approximate surface area is 91.0 Å². The van der Waals surface area contributed by atoms with Crippen LogP contribution in [0.3, 0.4) is 0 Å². The normalized spacial score (nSPS) is 27.1. The van der Waals surface area contributed by atoms with E-state index in [4.69, 9.17) is 0 Å². The first-order chi connectivity index (χ1) is 7.02. The number of hydrogen-bond acceptors (Lipinski definition) is 2. The number of nitrogens with one attached hydrogen (secondary N) is 1. The van der Waals surface area contributed by atoms with Crippen molar-refractivity contribution in [3.8, 4) is 0 Å². The highest BCUT2D eigenvalue weighted by Gasteiger charge is 2.40. The molecule has 4 heteroatoms. The summed E-state index contributed by atoms with van der Waals surface area (Å²) in [6, 6.07) is -0.627. The number of rotatable bonds is 3. The van der Waals surface area contributed by atoms with Gasteiger partial charge in [-0.1, -0.05) is 20.8 Å². The van der Waals surface area contributed by atoms with Crippen LogP contribution >= 0.6 is 0 Å². The van der Waals surface area contributed by atoms with Crippen LogP contribution in [-0.2, 0) is 9.59 Å². The molecular formula is C11H20N2O2. The van der Waals surface area contributed by atoms with Gasteiger partial charge in [0, 0.05) is 6.54 Å². The van der Waals surface area contributed by atoms with E-state index in [9.17, 15) is 9.59 Å². The Hall–Kier alpha value is -1.06. The minimum Gasteiger partial charge on any atom is -0.343 e. The van der Waals surface area contributed by atoms with Gasteiger partial charge in [0.25, 0.3) is 0 Å². The molecule has 1 saturated heterocycles. The van der Waals surface area contributed by atoms with Crippen molar-refractivity contribution in [3.05, 3.63) is 0 Å². The van der Waals surface area contributed by atoms with E-state index < -0.39 is 0 Å². The van der Waals surface area contributed by atoms with Crippen molar-refractivity contribution < 1.29 is 9.59 Å². The van der Waals surface area contributed by atoms with E-state index >= 15 is 0 Å². The Kier molecular flexibility index (Phi) is 3.72. The topological polar surface area (TPSA) is 49.4 Å². The van der Waals surface area contributed by atoms with Gasteiger partial charge in [-0.15, -0.1) is 0 Å². The fourth-order valence-corrected chi connectivity index (χ4v) is 2.09. The summed E-state index contributed by atoms with van der Waals surface area (Å²) in [5.74, 6) is 0.198. The molecule has 1 fully saturated rings. The lowest BCUT2D eigenvalue weighted by atomic mass is 9.96. The van der Waals surface area contributed by atoms with Crippen molar-refractivity contribution >= 4 is 11.8 Å². The molecule has 0 saturated carbocycles. The van der Waals surface area contributed by atoms with Gasteiger partial charge in [0.2, 0.25) is 11.8 Å². The monoisotopic (exact) mass is 212 g/mol. The summed E-state index contributed by atoms with van der Waals surface area (Å²) < 4.78 is 0. The number of carbonyl (C=O) groups is 2. The molecule has 1 aliphatic heterocycles. The molecule has 86 valence electrons. The lowest BCUT2D eigenvalue weighted by Gasteiger charge is -2.40. The molecule has 1 heterocycles. The average molecular weight is 212 g/mol. The fraction of sp³-hybridized carbons (Fsp3) is 0.818. The lowest BCUT2D eigenvalue weighted by Crippen LogP contribution is -2.64. The third-order valence-corrected chi connectivity index (χ3v) is 2.88. The predicted octanol–water partition coefficient (Wildman–Crippen LogP) is 0.768. The molecular weight excluding hydrogens is 192 g/mol. The maximum absolute atomic E-state index is 12.0. The zero-order valence-corrected chi connectivity index (χ0v) is 9.91. The van der Waals surface area contributed by atoms with Gasteiger partial charge in [-0.3, -0.25) is 9.59 Å². The molecule has 1 N–H and O–H groups in total. The number of carbonyl (C=O) groups excluding carboxylic acids is 2. The number of nitrogens with zero attached hydrogens (tertiary/aromatic N) is 1. The number of hydrogen-bond donors (Lipinski definition) is 1. The molecule has 0 spiro atoms. The highest BCUT2D eigenvalue weighted by Crippen LogP contribution is 2.17. The highest BCUT2D eigenvalue weighted by molar-refractivity contribution is 5.97. The molecule has 0 aromatic heterocycles. The van der Waals surface area contributed by atoms with Gasteiger partial charge < -0.3 is 10.2 Å². The Morgan fingerprint density at radius 1 is 1.33 bits per heavy atom. The number of likely N-dealkylation sites (N-methyl/N-ethyl adjacent to an activating group) is 1. The summed E-state index contributed by atoms with van der Waals surface area (Å²) in [4.78, 5) is 25.5. The molecule has 1 rings (SSSR count). The summed E-state index contributed by atoms with van der Waals surface area (Å²) in [6.45, 7) is 8.36. The van der Waals surface area contributed by atoms with Crippen LogP contribution < -0.4 is 5.32 Å². The Morgan fingerprint density at radius 2 is 1.93 bits per heavy atom. The maximum Gasteiger partial charge on any atom is 0.245 e. The van der Waals surface area contributed by atoms with Gasteiger partial charge >= 0.3 is 0 Å². The molecule has 0 aliphatic carbocycles. The molecule has 15 heavy (non-hydrogen) atoms. The number of piperazine rings is 1. The van der Waals surface area contributed by atoms with Crippen molar-refractivity contribution in [1.82, 2.24) is 10.2 Å². The predicted molar refractivity (Wildman–Crippen MR) is 58.2 cm³/mol. The SMILES string of the molecule is CCC1NC(=O)C(C(C)C)N(CC)C1=O. The smallest absolute Gasteiger partial charge is 0.245 e. The van der Waals surface area contributed by atoms with Crippen molar-refractivity contribution in [3.63, 3.8) is 0 Å². The van der Waals surface area contributed by atoms with Crippen LogP contribution in [0.1, 0.15) is 34.1 Å². The van der Waals surface area contributed by atoms with Gasteiger partial charge in [-0.2, -0.15) is 0 Å². The van der Waals surface area contributed by atoms with Crippen LogP contribution in [0.2, 0.25) is 0 Å². The van der Waals surface area contributed by atoms with Crippen molar-refractivity contribution in [2.45, 2.75) is 46.2 Å². The second-order valence-electron chi connectivity index (χ2n) is 4.28.